The van der Waals surface area contributed by atoms with Crippen LogP contribution in [0.5, 0.6) is 0 Å². The monoisotopic (exact) mass is 410 g/mol. The fourth-order valence-corrected chi connectivity index (χ4v) is 5.71. The first-order chi connectivity index (χ1) is 10.7. The topological polar surface area (TPSA) is 15.7 Å². The first-order valence-electron chi connectivity index (χ1n) is 9.29. The van der Waals surface area contributed by atoms with Gasteiger partial charge in [0.25, 0.3) is 0 Å². The summed E-state index contributed by atoms with van der Waals surface area (Å²) in [6.07, 6.45) is 4.99. The minimum absolute atomic E-state index is 0.495. The van der Waals surface area contributed by atoms with Gasteiger partial charge in [0.1, 0.15) is 0 Å². The summed E-state index contributed by atoms with van der Waals surface area (Å²) >= 11 is 3.50. The van der Waals surface area contributed by atoms with Gasteiger partial charge in [0, 0.05) is 29.5 Å². The maximum Gasteiger partial charge on any atom is 0.188 e. The molecule has 140 valence electrons. The van der Waals surface area contributed by atoms with Gasteiger partial charge in [-0.15, -0.1) is 0 Å². The molecule has 5 heteroatoms. The Hall–Kier alpha value is 0.790. The Bertz CT molecular complexity index is 252. The fourth-order valence-electron chi connectivity index (χ4n) is 2.93. The van der Waals surface area contributed by atoms with E-state index in [-0.39, 0.29) is 0 Å². The lowest BCUT2D eigenvalue weighted by molar-refractivity contribution is 0.184. The van der Waals surface area contributed by atoms with Gasteiger partial charge in [-0.1, -0.05) is 28.8 Å². The van der Waals surface area contributed by atoms with Crippen LogP contribution in [-0.2, 0) is 4.52 Å². The molecule has 0 saturated carbocycles. The van der Waals surface area contributed by atoms with E-state index in [1.807, 2.05) is 0 Å². The summed E-state index contributed by atoms with van der Waals surface area (Å²) in [5.41, 5.74) is 0. The largest absolute Gasteiger partial charge is 0.331 e. The number of nitrogens with zero attached hydrogens (tertiary/aromatic N) is 2. The zero-order chi connectivity index (χ0) is 18.0. The summed E-state index contributed by atoms with van der Waals surface area (Å²) in [5.74, 6) is 0. The van der Waals surface area contributed by atoms with Crippen molar-refractivity contribution in [2.24, 2.45) is 0 Å². The second-order valence-corrected chi connectivity index (χ2v) is 9.80. The molecule has 3 nitrogen and oxygen atoms in total. The molecule has 0 saturated heterocycles. The molecule has 0 bridgehead atoms. The summed E-state index contributed by atoms with van der Waals surface area (Å²) in [6, 6.07) is 1.98. The smallest absolute Gasteiger partial charge is 0.188 e. The van der Waals surface area contributed by atoms with E-state index in [1.165, 1.54) is 25.7 Å². The van der Waals surface area contributed by atoms with Crippen molar-refractivity contribution in [2.75, 3.05) is 11.9 Å². The van der Waals surface area contributed by atoms with Crippen LogP contribution in [0.1, 0.15) is 81.1 Å². The second kappa shape index (κ2) is 13.1. The van der Waals surface area contributed by atoms with E-state index in [9.17, 15) is 0 Å². The lowest BCUT2D eigenvalue weighted by Gasteiger charge is -2.45. The molecule has 0 radical (unpaired) electrons. The summed E-state index contributed by atoms with van der Waals surface area (Å²) in [5, 5.41) is 1.11. The Labute approximate surface area is 155 Å². The van der Waals surface area contributed by atoms with Crippen LogP contribution in [0.25, 0.3) is 0 Å². The van der Waals surface area contributed by atoms with Gasteiger partial charge in [-0.05, 0) is 68.2 Å². The molecule has 0 aliphatic heterocycles. The molecule has 0 amide bonds. The first-order valence-corrected chi connectivity index (χ1v) is 11.6. The zero-order valence-corrected chi connectivity index (χ0v) is 19.2. The van der Waals surface area contributed by atoms with Gasteiger partial charge in [0.15, 0.2) is 8.45 Å². The third-order valence-electron chi connectivity index (χ3n) is 3.75. The van der Waals surface area contributed by atoms with Crippen LogP contribution < -0.4 is 0 Å². The molecule has 0 N–H and O–H groups in total. The minimum Gasteiger partial charge on any atom is -0.331 e. The van der Waals surface area contributed by atoms with E-state index in [4.69, 9.17) is 4.52 Å². The van der Waals surface area contributed by atoms with Gasteiger partial charge in [0.2, 0.25) is 0 Å². The van der Waals surface area contributed by atoms with E-state index in [0.29, 0.717) is 24.2 Å². The van der Waals surface area contributed by atoms with Gasteiger partial charge in [-0.2, -0.15) is 0 Å². The van der Waals surface area contributed by atoms with Crippen LogP contribution in [0.2, 0.25) is 0 Å². The van der Waals surface area contributed by atoms with Crippen LogP contribution in [0, 0.1) is 0 Å². The summed E-state index contributed by atoms with van der Waals surface area (Å²) in [4.78, 5) is 0. The third-order valence-corrected chi connectivity index (χ3v) is 7.36. The van der Waals surface area contributed by atoms with E-state index in [0.717, 1.165) is 11.9 Å². The van der Waals surface area contributed by atoms with Crippen molar-refractivity contribution >= 4 is 24.4 Å². The number of hydrogen-bond acceptors (Lipinski definition) is 3. The number of unbranched alkanes of at least 4 members (excludes halogenated alkanes) is 3. The predicted octanol–water partition coefficient (Wildman–Crippen LogP) is 6.42. The van der Waals surface area contributed by atoms with Crippen LogP contribution in [0.15, 0.2) is 0 Å². The molecule has 0 aromatic heterocycles. The molecular weight excluding hydrogens is 371 g/mol. The highest BCUT2D eigenvalue weighted by Gasteiger charge is 2.34. The average molecular weight is 411 g/mol. The molecule has 0 fully saturated rings. The normalized spacial score (nSPS) is 13.0. The summed E-state index contributed by atoms with van der Waals surface area (Å²) < 4.78 is 11.6. The highest BCUT2D eigenvalue weighted by molar-refractivity contribution is 9.09. The summed E-state index contributed by atoms with van der Waals surface area (Å²) in [7, 11) is -0.712. The van der Waals surface area contributed by atoms with Gasteiger partial charge >= 0.3 is 0 Å². The molecular formula is C18H40BrN2OP. The van der Waals surface area contributed by atoms with Crippen molar-refractivity contribution in [2.45, 2.75) is 105 Å². The molecule has 0 aromatic carbocycles. The summed E-state index contributed by atoms with van der Waals surface area (Å²) in [6.45, 7) is 19.2. The quantitative estimate of drug-likeness (QED) is 0.198. The number of rotatable bonds is 13. The van der Waals surface area contributed by atoms with Gasteiger partial charge < -0.3 is 4.52 Å². The number of halogens is 1. The standard InChI is InChI=1S/C18H40BrN2OP/c1-15(2)20(16(3)4)23(21(17(5)6)18(7)8)22-14-12-10-9-11-13-19/h15-18H,9-14H2,1-8H3. The van der Waals surface area contributed by atoms with Gasteiger partial charge in [-0.3, -0.25) is 0 Å². The second-order valence-electron chi connectivity index (χ2n) is 7.32. The lowest BCUT2D eigenvalue weighted by atomic mass is 10.2. The molecule has 0 unspecified atom stereocenters. The molecule has 0 atom stereocenters. The van der Waals surface area contributed by atoms with E-state index >= 15 is 0 Å². The minimum atomic E-state index is -0.712. The van der Waals surface area contributed by atoms with Gasteiger partial charge in [-0.25, -0.2) is 9.34 Å². The van der Waals surface area contributed by atoms with Crippen LogP contribution >= 0.6 is 24.4 Å². The highest BCUT2D eigenvalue weighted by atomic mass is 79.9. The molecule has 0 aliphatic carbocycles. The SMILES string of the molecule is CC(C)N(C(C)C)P(OCCCCCCBr)N(C(C)C)C(C)C. The molecule has 23 heavy (non-hydrogen) atoms. The van der Waals surface area contributed by atoms with E-state index in [2.05, 4.69) is 80.7 Å². The Kier molecular flexibility index (Phi) is 13.5. The Morgan fingerprint density at radius 2 is 1.09 bits per heavy atom. The average Bonchev–Trinajstić information content (AvgIpc) is 2.40. The van der Waals surface area contributed by atoms with Crippen LogP contribution in [0.4, 0.5) is 0 Å². The Morgan fingerprint density at radius 3 is 1.43 bits per heavy atom. The highest BCUT2D eigenvalue weighted by Crippen LogP contribution is 2.50. The number of alkyl halides is 1. The van der Waals surface area contributed by atoms with Crippen molar-refractivity contribution in [1.29, 1.82) is 0 Å². The van der Waals surface area contributed by atoms with Crippen LogP contribution in [0.3, 0.4) is 0 Å². The van der Waals surface area contributed by atoms with Crippen molar-refractivity contribution in [3.63, 3.8) is 0 Å². The molecule has 0 spiro atoms. The first kappa shape index (κ1) is 23.8. The van der Waals surface area contributed by atoms with Crippen molar-refractivity contribution in [3.05, 3.63) is 0 Å². The van der Waals surface area contributed by atoms with E-state index in [1.54, 1.807) is 0 Å². The molecule has 0 aromatic rings. The zero-order valence-electron chi connectivity index (χ0n) is 16.7. The van der Waals surface area contributed by atoms with Crippen molar-refractivity contribution in [1.82, 2.24) is 9.34 Å². The van der Waals surface area contributed by atoms with Crippen molar-refractivity contribution < 1.29 is 4.52 Å². The molecule has 0 aliphatic rings. The third kappa shape index (κ3) is 9.16. The fraction of sp³-hybridized carbons (Fsp3) is 1.00. The number of hydrogen-bond donors (Lipinski definition) is 0. The maximum absolute atomic E-state index is 6.50. The lowest BCUT2D eigenvalue weighted by Crippen LogP contribution is -2.43. The Morgan fingerprint density at radius 1 is 0.696 bits per heavy atom. The van der Waals surface area contributed by atoms with Gasteiger partial charge in [0.05, 0.1) is 6.61 Å². The molecule has 0 rings (SSSR count). The van der Waals surface area contributed by atoms with E-state index < -0.39 is 8.45 Å². The van der Waals surface area contributed by atoms with Crippen LogP contribution in [-0.4, -0.2) is 45.4 Å². The molecule has 0 heterocycles. The Balaban J connectivity index is 4.91. The van der Waals surface area contributed by atoms with Crippen molar-refractivity contribution in [3.8, 4) is 0 Å². The maximum atomic E-state index is 6.50. The predicted molar refractivity (Wildman–Crippen MR) is 109 cm³/mol.